The monoisotopic (exact) mass is 503 g/mol. The van der Waals surface area contributed by atoms with Crippen molar-refractivity contribution in [1.29, 1.82) is 5.41 Å². The third kappa shape index (κ3) is 6.19. The number of halogens is 1. The fourth-order valence-electron chi connectivity index (χ4n) is 3.95. The standard InChI is InChI=1S/C23H25N5O6.ClH/c24-23(25)14-1-4-16(5-2-14)28-8-7-27(12-21(28)30)11-20(29)26-17(10-22(31)32)15-3-6-18-19(9-15)34-13-33-18;/h1-6,9,17H,7-8,10-13H2,(H3,24,25)(H,26,29)(H,31,32);1H. The summed E-state index contributed by atoms with van der Waals surface area (Å²) in [5.41, 5.74) is 7.33. The van der Waals surface area contributed by atoms with Crippen molar-refractivity contribution in [3.63, 3.8) is 0 Å². The summed E-state index contributed by atoms with van der Waals surface area (Å²) >= 11 is 0. The summed E-state index contributed by atoms with van der Waals surface area (Å²) < 4.78 is 10.6. The summed E-state index contributed by atoms with van der Waals surface area (Å²) in [6.45, 7) is 0.974. The van der Waals surface area contributed by atoms with Crippen molar-refractivity contribution in [3.05, 3.63) is 53.6 Å². The van der Waals surface area contributed by atoms with Crippen LogP contribution in [0.4, 0.5) is 5.69 Å². The third-order valence-electron chi connectivity index (χ3n) is 5.67. The Morgan fingerprint density at radius 3 is 2.49 bits per heavy atom. The van der Waals surface area contributed by atoms with E-state index in [2.05, 4.69) is 5.32 Å². The number of benzene rings is 2. The molecule has 4 rings (SSSR count). The Balaban J connectivity index is 0.00000342. The van der Waals surface area contributed by atoms with Crippen molar-refractivity contribution in [2.45, 2.75) is 12.5 Å². The maximum atomic E-state index is 12.7. The molecule has 1 saturated heterocycles. The van der Waals surface area contributed by atoms with Gasteiger partial charge in [-0.15, -0.1) is 12.4 Å². The Labute approximate surface area is 207 Å². The second kappa shape index (κ2) is 11.1. The number of carbonyl (C=O) groups excluding carboxylic acids is 2. The van der Waals surface area contributed by atoms with E-state index in [-0.39, 0.29) is 56.4 Å². The van der Waals surface area contributed by atoms with Gasteiger partial charge in [-0.25, -0.2) is 0 Å². The predicted molar refractivity (Wildman–Crippen MR) is 129 cm³/mol. The van der Waals surface area contributed by atoms with E-state index in [0.717, 1.165) is 0 Å². The average molecular weight is 504 g/mol. The number of rotatable bonds is 8. The molecule has 2 aromatic rings. The molecular weight excluding hydrogens is 478 g/mol. The van der Waals surface area contributed by atoms with Crippen LogP contribution in [0.5, 0.6) is 11.5 Å². The Kier molecular flexibility index (Phi) is 8.15. The van der Waals surface area contributed by atoms with Gasteiger partial charge in [-0.2, -0.15) is 0 Å². The number of amidine groups is 1. The van der Waals surface area contributed by atoms with E-state index < -0.39 is 12.0 Å². The Bertz CT molecular complexity index is 1130. The van der Waals surface area contributed by atoms with Crippen LogP contribution >= 0.6 is 12.4 Å². The fraction of sp³-hybridized carbons (Fsp3) is 0.304. The normalized spacial score (nSPS) is 15.8. The fourth-order valence-corrected chi connectivity index (χ4v) is 3.95. The lowest BCUT2D eigenvalue weighted by molar-refractivity contribution is -0.137. The number of carboxylic acids is 1. The van der Waals surface area contributed by atoms with Crippen LogP contribution in [0.1, 0.15) is 23.6 Å². The maximum Gasteiger partial charge on any atom is 0.305 e. The van der Waals surface area contributed by atoms with E-state index in [0.29, 0.717) is 41.4 Å². The molecule has 0 saturated carbocycles. The van der Waals surface area contributed by atoms with Gasteiger partial charge in [-0.05, 0) is 42.0 Å². The highest BCUT2D eigenvalue weighted by Crippen LogP contribution is 2.34. The molecule has 186 valence electrons. The minimum absolute atomic E-state index is 0. The Hall–Kier alpha value is -3.83. The molecule has 0 aliphatic carbocycles. The zero-order chi connectivity index (χ0) is 24.2. The summed E-state index contributed by atoms with van der Waals surface area (Å²) in [4.78, 5) is 40.1. The quantitative estimate of drug-likeness (QED) is 0.308. The molecule has 35 heavy (non-hydrogen) atoms. The predicted octanol–water partition coefficient (Wildman–Crippen LogP) is 1.10. The molecule has 0 radical (unpaired) electrons. The van der Waals surface area contributed by atoms with Crippen LogP contribution in [0.25, 0.3) is 0 Å². The topological polar surface area (TPSA) is 158 Å². The minimum Gasteiger partial charge on any atom is -0.481 e. The Morgan fingerprint density at radius 1 is 1.11 bits per heavy atom. The number of amides is 2. The number of piperazine rings is 1. The zero-order valence-electron chi connectivity index (χ0n) is 18.7. The second-order valence-electron chi connectivity index (χ2n) is 8.05. The third-order valence-corrected chi connectivity index (χ3v) is 5.67. The van der Waals surface area contributed by atoms with Gasteiger partial charge < -0.3 is 30.5 Å². The van der Waals surface area contributed by atoms with Gasteiger partial charge in [-0.3, -0.25) is 24.7 Å². The molecule has 1 fully saturated rings. The first-order chi connectivity index (χ1) is 16.3. The molecular formula is C23H26ClN5O6. The summed E-state index contributed by atoms with van der Waals surface area (Å²) in [6.07, 6.45) is -0.297. The van der Waals surface area contributed by atoms with Crippen molar-refractivity contribution in [3.8, 4) is 11.5 Å². The van der Waals surface area contributed by atoms with Crippen LogP contribution in [0.3, 0.4) is 0 Å². The van der Waals surface area contributed by atoms with Gasteiger partial charge in [-0.1, -0.05) is 6.07 Å². The number of nitrogens with two attached hydrogens (primary N) is 1. The molecule has 11 nitrogen and oxygen atoms in total. The molecule has 5 N–H and O–H groups in total. The number of nitrogens with zero attached hydrogens (tertiary/aromatic N) is 2. The molecule has 2 amide bonds. The van der Waals surface area contributed by atoms with Gasteiger partial charge in [0.25, 0.3) is 0 Å². The van der Waals surface area contributed by atoms with Gasteiger partial charge in [0.2, 0.25) is 18.6 Å². The first-order valence-electron chi connectivity index (χ1n) is 10.7. The highest BCUT2D eigenvalue weighted by atomic mass is 35.5. The number of carboxylic acid groups (broad SMARTS) is 1. The van der Waals surface area contributed by atoms with Gasteiger partial charge in [0.05, 0.1) is 25.6 Å². The van der Waals surface area contributed by atoms with Crippen molar-refractivity contribution in [2.75, 3.05) is 37.9 Å². The summed E-state index contributed by atoms with van der Waals surface area (Å²) in [6, 6.07) is 11.1. The van der Waals surface area contributed by atoms with Crippen LogP contribution in [0.2, 0.25) is 0 Å². The van der Waals surface area contributed by atoms with Crippen LogP contribution < -0.4 is 25.4 Å². The largest absolute Gasteiger partial charge is 0.481 e. The molecule has 12 heteroatoms. The summed E-state index contributed by atoms with van der Waals surface area (Å²) in [5, 5.41) is 19.5. The van der Waals surface area contributed by atoms with Crippen LogP contribution in [0.15, 0.2) is 42.5 Å². The van der Waals surface area contributed by atoms with Crippen molar-refractivity contribution >= 4 is 41.7 Å². The molecule has 1 unspecified atom stereocenters. The molecule has 2 aliphatic rings. The van der Waals surface area contributed by atoms with Gasteiger partial charge in [0, 0.05) is 24.3 Å². The molecule has 1 atom stereocenters. The summed E-state index contributed by atoms with van der Waals surface area (Å²) in [7, 11) is 0. The highest BCUT2D eigenvalue weighted by molar-refractivity contribution is 5.98. The number of carbonyl (C=O) groups is 3. The number of fused-ring (bicyclic) bond motifs is 1. The van der Waals surface area contributed by atoms with Crippen LogP contribution in [-0.4, -0.2) is 66.6 Å². The average Bonchev–Trinajstić information content (AvgIpc) is 3.26. The highest BCUT2D eigenvalue weighted by Gasteiger charge is 2.28. The van der Waals surface area contributed by atoms with Crippen LogP contribution in [0, 0.1) is 5.41 Å². The molecule has 2 aliphatic heterocycles. The number of nitrogens with one attached hydrogen (secondary N) is 2. The minimum atomic E-state index is -1.05. The van der Waals surface area contributed by atoms with Gasteiger partial charge in [0.15, 0.2) is 11.5 Å². The lowest BCUT2D eigenvalue weighted by atomic mass is 10.0. The molecule has 2 aromatic carbocycles. The van der Waals surface area contributed by atoms with Crippen molar-refractivity contribution in [2.24, 2.45) is 5.73 Å². The molecule has 2 heterocycles. The number of ether oxygens (including phenoxy) is 2. The zero-order valence-corrected chi connectivity index (χ0v) is 19.5. The number of hydrogen-bond acceptors (Lipinski definition) is 7. The smallest absolute Gasteiger partial charge is 0.305 e. The molecule has 0 bridgehead atoms. The number of aliphatic carboxylic acids is 1. The Morgan fingerprint density at radius 2 is 1.83 bits per heavy atom. The number of nitrogen functional groups attached to an aromatic ring is 1. The number of hydrogen-bond donors (Lipinski definition) is 4. The van der Waals surface area contributed by atoms with Crippen LogP contribution in [-0.2, 0) is 14.4 Å². The second-order valence-corrected chi connectivity index (χ2v) is 8.05. The lowest BCUT2D eigenvalue weighted by Gasteiger charge is -2.34. The first kappa shape index (κ1) is 25.8. The van der Waals surface area contributed by atoms with Crippen molar-refractivity contribution < 1.29 is 29.0 Å². The van der Waals surface area contributed by atoms with E-state index in [1.54, 1.807) is 52.3 Å². The van der Waals surface area contributed by atoms with E-state index in [9.17, 15) is 19.5 Å². The van der Waals surface area contributed by atoms with Gasteiger partial charge >= 0.3 is 5.97 Å². The molecule has 0 aromatic heterocycles. The SMILES string of the molecule is Cl.N=C(N)c1ccc(N2CCN(CC(=O)NC(CC(=O)O)c3ccc4c(c3)OCO4)CC2=O)cc1. The van der Waals surface area contributed by atoms with E-state index in [1.807, 2.05) is 0 Å². The molecule has 0 spiro atoms. The first-order valence-corrected chi connectivity index (χ1v) is 10.7. The van der Waals surface area contributed by atoms with E-state index in [1.165, 1.54) is 0 Å². The maximum absolute atomic E-state index is 12.7. The van der Waals surface area contributed by atoms with E-state index >= 15 is 0 Å². The lowest BCUT2D eigenvalue weighted by Crippen LogP contribution is -2.53. The summed E-state index contributed by atoms with van der Waals surface area (Å²) in [5.74, 6) is -0.571. The van der Waals surface area contributed by atoms with Gasteiger partial charge in [0.1, 0.15) is 5.84 Å². The van der Waals surface area contributed by atoms with E-state index in [4.69, 9.17) is 20.6 Å². The van der Waals surface area contributed by atoms with Crippen molar-refractivity contribution in [1.82, 2.24) is 10.2 Å². The number of anilines is 1.